The maximum atomic E-state index is 6.72. The molecule has 11 aromatic carbocycles. The van der Waals surface area contributed by atoms with Crippen molar-refractivity contribution in [1.29, 1.82) is 0 Å². The Morgan fingerprint density at radius 3 is 1.49 bits per heavy atom. The third kappa shape index (κ3) is 5.10. The van der Waals surface area contributed by atoms with Crippen molar-refractivity contribution in [2.45, 2.75) is 0 Å². The summed E-state index contributed by atoms with van der Waals surface area (Å²) < 4.78 is 6.72. The van der Waals surface area contributed by atoms with Crippen LogP contribution in [0.15, 0.2) is 211 Å². The number of rotatable bonds is 4. The Balaban J connectivity index is 1.14. The molecule has 57 heavy (non-hydrogen) atoms. The number of hydrogen-bond donors (Lipinski definition) is 0. The average Bonchev–Trinajstić information content (AvgIpc) is 3.67. The minimum atomic E-state index is 0.884. The molecule has 0 aliphatic carbocycles. The van der Waals surface area contributed by atoms with Gasteiger partial charge in [0.25, 0.3) is 0 Å². The summed E-state index contributed by atoms with van der Waals surface area (Å²) in [6, 6.07) is 75.5. The number of benzene rings is 11. The molecule has 0 N–H and O–H groups in total. The average molecular weight is 723 g/mol. The predicted octanol–water partition coefficient (Wildman–Crippen LogP) is 16.0. The van der Waals surface area contributed by atoms with Gasteiger partial charge in [0.05, 0.1) is 0 Å². The van der Waals surface area contributed by atoms with E-state index in [1.54, 1.807) is 0 Å². The predicted molar refractivity (Wildman–Crippen MR) is 243 cm³/mol. The van der Waals surface area contributed by atoms with E-state index in [2.05, 4.69) is 206 Å². The largest absolute Gasteiger partial charge is 0.456 e. The first-order valence-corrected chi connectivity index (χ1v) is 19.7. The van der Waals surface area contributed by atoms with Crippen LogP contribution >= 0.6 is 0 Å². The number of furan rings is 1. The fourth-order valence-corrected chi connectivity index (χ4v) is 9.28. The van der Waals surface area contributed by atoms with E-state index in [4.69, 9.17) is 4.42 Å². The lowest BCUT2D eigenvalue weighted by Gasteiger charge is -2.16. The highest BCUT2D eigenvalue weighted by Crippen LogP contribution is 2.45. The van der Waals surface area contributed by atoms with Gasteiger partial charge in [-0.2, -0.15) is 0 Å². The quantitative estimate of drug-likeness (QED) is 0.165. The molecule has 264 valence electrons. The molecule has 0 aliphatic rings. The third-order valence-electron chi connectivity index (χ3n) is 12.0. The second-order valence-electron chi connectivity index (χ2n) is 15.2. The van der Waals surface area contributed by atoms with Crippen LogP contribution in [0.5, 0.6) is 0 Å². The van der Waals surface area contributed by atoms with Crippen molar-refractivity contribution >= 4 is 75.8 Å². The van der Waals surface area contributed by atoms with Crippen molar-refractivity contribution in [2.24, 2.45) is 0 Å². The number of fused-ring (bicyclic) bond motifs is 10. The zero-order valence-corrected chi connectivity index (χ0v) is 31.0. The van der Waals surface area contributed by atoms with Gasteiger partial charge in [-0.05, 0) is 147 Å². The molecular weight excluding hydrogens is 689 g/mol. The van der Waals surface area contributed by atoms with Gasteiger partial charge in [0, 0.05) is 10.8 Å². The zero-order chi connectivity index (χ0) is 37.5. The summed E-state index contributed by atoms with van der Waals surface area (Å²) in [5.74, 6) is 0. The zero-order valence-electron chi connectivity index (χ0n) is 31.0. The molecule has 1 heterocycles. The van der Waals surface area contributed by atoms with E-state index < -0.39 is 0 Å². The highest BCUT2D eigenvalue weighted by molar-refractivity contribution is 6.20. The van der Waals surface area contributed by atoms with Crippen LogP contribution in [0.4, 0.5) is 0 Å². The van der Waals surface area contributed by atoms with Crippen LogP contribution in [-0.4, -0.2) is 0 Å². The van der Waals surface area contributed by atoms with E-state index in [0.29, 0.717) is 0 Å². The molecule has 0 saturated carbocycles. The summed E-state index contributed by atoms with van der Waals surface area (Å²) in [4.78, 5) is 0. The molecule has 0 fully saturated rings. The molecule has 0 saturated heterocycles. The smallest absolute Gasteiger partial charge is 0.136 e. The van der Waals surface area contributed by atoms with E-state index in [1.165, 1.54) is 87.2 Å². The van der Waals surface area contributed by atoms with Gasteiger partial charge in [-0.3, -0.25) is 0 Å². The third-order valence-corrected chi connectivity index (χ3v) is 12.0. The molecule has 0 atom stereocenters. The Labute approximate surface area is 329 Å². The molecule has 0 radical (unpaired) electrons. The lowest BCUT2D eigenvalue weighted by molar-refractivity contribution is 0.669. The van der Waals surface area contributed by atoms with Gasteiger partial charge in [-0.15, -0.1) is 0 Å². The van der Waals surface area contributed by atoms with E-state index in [9.17, 15) is 0 Å². The maximum Gasteiger partial charge on any atom is 0.136 e. The molecule has 0 bridgehead atoms. The minimum absolute atomic E-state index is 0.884. The molecule has 0 spiro atoms. The second-order valence-corrected chi connectivity index (χ2v) is 15.2. The summed E-state index contributed by atoms with van der Waals surface area (Å²) in [5, 5.41) is 14.8. The molecule has 1 nitrogen and oxygen atoms in total. The van der Waals surface area contributed by atoms with Crippen LogP contribution in [0, 0.1) is 0 Å². The summed E-state index contributed by atoms with van der Waals surface area (Å²) in [6.45, 7) is 0. The molecule has 1 heteroatoms. The molecule has 12 rings (SSSR count). The molecular formula is C56H34O. The Morgan fingerprint density at radius 2 is 0.737 bits per heavy atom. The fraction of sp³-hybridized carbons (Fsp3) is 0. The monoisotopic (exact) mass is 722 g/mol. The van der Waals surface area contributed by atoms with Crippen molar-refractivity contribution < 1.29 is 4.42 Å². The first-order valence-electron chi connectivity index (χ1n) is 19.7. The summed E-state index contributed by atoms with van der Waals surface area (Å²) in [6.07, 6.45) is 0. The summed E-state index contributed by atoms with van der Waals surface area (Å²) in [7, 11) is 0. The second kappa shape index (κ2) is 12.5. The molecule has 0 unspecified atom stereocenters. The van der Waals surface area contributed by atoms with E-state index in [-0.39, 0.29) is 0 Å². The van der Waals surface area contributed by atoms with Gasteiger partial charge < -0.3 is 4.42 Å². The van der Waals surface area contributed by atoms with Gasteiger partial charge in [0.15, 0.2) is 0 Å². The Kier molecular flexibility index (Phi) is 7.00. The Morgan fingerprint density at radius 1 is 0.228 bits per heavy atom. The minimum Gasteiger partial charge on any atom is -0.456 e. The summed E-state index contributed by atoms with van der Waals surface area (Å²) in [5.41, 5.74) is 11.2. The van der Waals surface area contributed by atoms with Crippen LogP contribution < -0.4 is 0 Å². The van der Waals surface area contributed by atoms with Crippen molar-refractivity contribution in [3.8, 4) is 44.5 Å². The van der Waals surface area contributed by atoms with E-state index >= 15 is 0 Å². The first-order chi connectivity index (χ1) is 28.2. The van der Waals surface area contributed by atoms with Gasteiger partial charge in [0.2, 0.25) is 0 Å². The van der Waals surface area contributed by atoms with Gasteiger partial charge in [-0.25, -0.2) is 0 Å². The summed E-state index contributed by atoms with van der Waals surface area (Å²) >= 11 is 0. The highest BCUT2D eigenvalue weighted by atomic mass is 16.3. The molecule has 12 aromatic rings. The van der Waals surface area contributed by atoms with E-state index in [1.807, 2.05) is 0 Å². The topological polar surface area (TPSA) is 13.1 Å². The standard InChI is InChI=1S/C56H34O/c1-2-13-38-29-39(27-23-35(38)11-1)42-30-43(32-44(31-42)52-33-40-14-4-6-16-46(40)49-17-7-8-18-50(49)52)48-20-10-22-54-56(48)55-47(19-9-21-53(55)57-54)41-28-26-37-25-24-36-12-3-5-15-45(36)51(37)34-41/h1-34H. The number of hydrogen-bond acceptors (Lipinski definition) is 1. The van der Waals surface area contributed by atoms with Crippen molar-refractivity contribution in [2.75, 3.05) is 0 Å². The lowest BCUT2D eigenvalue weighted by Crippen LogP contribution is -1.89. The van der Waals surface area contributed by atoms with E-state index in [0.717, 1.165) is 33.1 Å². The lowest BCUT2D eigenvalue weighted by atomic mass is 9.87. The van der Waals surface area contributed by atoms with Crippen LogP contribution in [0.3, 0.4) is 0 Å². The van der Waals surface area contributed by atoms with Gasteiger partial charge in [-0.1, -0.05) is 158 Å². The molecule has 0 amide bonds. The molecule has 0 aliphatic heterocycles. The van der Waals surface area contributed by atoms with Crippen LogP contribution in [0.25, 0.3) is 120 Å². The van der Waals surface area contributed by atoms with Crippen LogP contribution in [0.1, 0.15) is 0 Å². The Bertz CT molecular complexity index is 3580. The van der Waals surface area contributed by atoms with Crippen LogP contribution in [0.2, 0.25) is 0 Å². The van der Waals surface area contributed by atoms with Crippen molar-refractivity contribution in [1.82, 2.24) is 0 Å². The normalized spacial score (nSPS) is 11.9. The van der Waals surface area contributed by atoms with Gasteiger partial charge >= 0.3 is 0 Å². The fourth-order valence-electron chi connectivity index (χ4n) is 9.28. The van der Waals surface area contributed by atoms with Crippen molar-refractivity contribution in [3.05, 3.63) is 206 Å². The van der Waals surface area contributed by atoms with Crippen molar-refractivity contribution in [3.63, 3.8) is 0 Å². The Hall–Kier alpha value is -7.48. The highest BCUT2D eigenvalue weighted by Gasteiger charge is 2.19. The maximum absolute atomic E-state index is 6.72. The molecule has 1 aromatic heterocycles. The SMILES string of the molecule is c1ccc2cc(-c3cc(-c4cc5ccccc5c5ccccc45)cc(-c4cccc5oc6cccc(-c7ccc8ccc9ccccc9c8c7)c6c45)c3)ccc2c1. The van der Waals surface area contributed by atoms with Crippen LogP contribution in [-0.2, 0) is 0 Å². The first kappa shape index (κ1) is 31.8. The van der Waals surface area contributed by atoms with Gasteiger partial charge in [0.1, 0.15) is 11.2 Å².